The Labute approximate surface area is 107 Å². The number of aromatic nitrogens is 3. The zero-order valence-electron chi connectivity index (χ0n) is 11.1. The van der Waals surface area contributed by atoms with Crippen molar-refractivity contribution in [2.75, 3.05) is 13.1 Å². The Bertz CT molecular complexity index is 538. The first-order valence-corrected chi connectivity index (χ1v) is 6.80. The molecule has 3 heterocycles. The molecule has 1 atom stereocenters. The van der Waals surface area contributed by atoms with Crippen LogP contribution in [0.2, 0.25) is 0 Å². The molecular formula is C14H20N4. The molecule has 0 amide bonds. The Kier molecular flexibility index (Phi) is 3.04. The molecule has 0 aliphatic carbocycles. The van der Waals surface area contributed by atoms with Gasteiger partial charge < -0.3 is 9.88 Å². The number of rotatable bonds is 2. The van der Waals surface area contributed by atoms with Crippen LogP contribution in [-0.4, -0.2) is 27.6 Å². The third kappa shape index (κ3) is 1.90. The summed E-state index contributed by atoms with van der Waals surface area (Å²) >= 11 is 0. The summed E-state index contributed by atoms with van der Waals surface area (Å²) in [5.74, 6) is 1.76. The van der Waals surface area contributed by atoms with E-state index >= 15 is 0 Å². The van der Waals surface area contributed by atoms with E-state index in [0.29, 0.717) is 12.0 Å². The van der Waals surface area contributed by atoms with Gasteiger partial charge in [-0.05, 0) is 39.3 Å². The molecule has 4 heteroatoms. The van der Waals surface area contributed by atoms with Gasteiger partial charge in [0.1, 0.15) is 11.3 Å². The summed E-state index contributed by atoms with van der Waals surface area (Å²) < 4.78 is 2.37. The number of piperidine rings is 1. The molecule has 1 saturated heterocycles. The first-order valence-electron chi connectivity index (χ1n) is 6.80. The van der Waals surface area contributed by atoms with Crippen LogP contribution in [0.3, 0.4) is 0 Å². The SMILES string of the molecule is CC(C)n1c(C2CCCNC2)nc2cnccc21. The molecule has 2 aromatic rings. The summed E-state index contributed by atoms with van der Waals surface area (Å²) in [5.41, 5.74) is 2.23. The first kappa shape index (κ1) is 11.7. The van der Waals surface area contributed by atoms with Crippen molar-refractivity contribution in [2.45, 2.75) is 38.6 Å². The summed E-state index contributed by atoms with van der Waals surface area (Å²) in [6.07, 6.45) is 6.19. The van der Waals surface area contributed by atoms with Gasteiger partial charge in [-0.15, -0.1) is 0 Å². The van der Waals surface area contributed by atoms with Crippen molar-refractivity contribution in [3.8, 4) is 0 Å². The number of imidazole rings is 1. The number of hydrogen-bond donors (Lipinski definition) is 1. The fraction of sp³-hybridized carbons (Fsp3) is 0.571. The van der Waals surface area contributed by atoms with Gasteiger partial charge in [-0.1, -0.05) is 0 Å². The van der Waals surface area contributed by atoms with E-state index in [4.69, 9.17) is 4.98 Å². The molecule has 0 bridgehead atoms. The van der Waals surface area contributed by atoms with E-state index in [0.717, 1.165) is 18.6 Å². The van der Waals surface area contributed by atoms with Crippen molar-refractivity contribution in [1.29, 1.82) is 0 Å². The van der Waals surface area contributed by atoms with Crippen LogP contribution >= 0.6 is 0 Å². The Morgan fingerprint density at radius 1 is 1.44 bits per heavy atom. The molecule has 0 spiro atoms. The summed E-state index contributed by atoms with van der Waals surface area (Å²) in [4.78, 5) is 9.00. The maximum absolute atomic E-state index is 4.82. The monoisotopic (exact) mass is 244 g/mol. The van der Waals surface area contributed by atoms with Crippen molar-refractivity contribution in [3.05, 3.63) is 24.3 Å². The second-order valence-corrected chi connectivity index (χ2v) is 5.34. The molecular weight excluding hydrogens is 224 g/mol. The van der Waals surface area contributed by atoms with Gasteiger partial charge in [0, 0.05) is 24.7 Å². The van der Waals surface area contributed by atoms with E-state index in [1.807, 2.05) is 12.4 Å². The average molecular weight is 244 g/mol. The Morgan fingerprint density at radius 2 is 2.33 bits per heavy atom. The van der Waals surface area contributed by atoms with Crippen molar-refractivity contribution in [2.24, 2.45) is 0 Å². The van der Waals surface area contributed by atoms with Crippen LogP contribution in [0.1, 0.15) is 44.5 Å². The number of hydrogen-bond acceptors (Lipinski definition) is 3. The quantitative estimate of drug-likeness (QED) is 0.882. The van der Waals surface area contributed by atoms with E-state index in [1.165, 1.54) is 24.2 Å². The van der Waals surface area contributed by atoms with Crippen LogP contribution < -0.4 is 5.32 Å². The second-order valence-electron chi connectivity index (χ2n) is 5.34. The van der Waals surface area contributed by atoms with Gasteiger partial charge in [0.25, 0.3) is 0 Å². The lowest BCUT2D eigenvalue weighted by Gasteiger charge is -2.24. The lowest BCUT2D eigenvalue weighted by molar-refractivity contribution is 0.425. The van der Waals surface area contributed by atoms with Gasteiger partial charge in [-0.2, -0.15) is 0 Å². The number of nitrogens with zero attached hydrogens (tertiary/aromatic N) is 3. The highest BCUT2D eigenvalue weighted by molar-refractivity contribution is 5.75. The molecule has 1 aliphatic rings. The van der Waals surface area contributed by atoms with Crippen molar-refractivity contribution < 1.29 is 0 Å². The van der Waals surface area contributed by atoms with Gasteiger partial charge in [0.15, 0.2) is 0 Å². The Balaban J connectivity index is 2.11. The van der Waals surface area contributed by atoms with Crippen LogP contribution in [0, 0.1) is 0 Å². The number of pyridine rings is 1. The topological polar surface area (TPSA) is 42.7 Å². The third-order valence-corrected chi connectivity index (χ3v) is 3.70. The third-order valence-electron chi connectivity index (χ3n) is 3.70. The molecule has 1 unspecified atom stereocenters. The molecule has 2 aromatic heterocycles. The Morgan fingerprint density at radius 3 is 3.06 bits per heavy atom. The lowest BCUT2D eigenvalue weighted by atomic mass is 9.98. The minimum absolute atomic E-state index is 0.439. The van der Waals surface area contributed by atoms with Crippen LogP contribution in [-0.2, 0) is 0 Å². The van der Waals surface area contributed by atoms with Crippen molar-refractivity contribution in [3.63, 3.8) is 0 Å². The van der Waals surface area contributed by atoms with E-state index in [-0.39, 0.29) is 0 Å². The van der Waals surface area contributed by atoms with Crippen molar-refractivity contribution >= 4 is 11.0 Å². The normalized spacial score (nSPS) is 20.7. The predicted octanol–water partition coefficient (Wildman–Crippen LogP) is 2.48. The fourth-order valence-corrected chi connectivity index (χ4v) is 2.87. The molecule has 0 aromatic carbocycles. The fourth-order valence-electron chi connectivity index (χ4n) is 2.87. The zero-order valence-corrected chi connectivity index (χ0v) is 11.1. The van der Waals surface area contributed by atoms with Crippen LogP contribution in [0.25, 0.3) is 11.0 Å². The number of nitrogens with one attached hydrogen (secondary N) is 1. The highest BCUT2D eigenvalue weighted by Gasteiger charge is 2.23. The molecule has 1 aliphatic heterocycles. The van der Waals surface area contributed by atoms with Crippen LogP contribution in [0.4, 0.5) is 0 Å². The first-order chi connectivity index (χ1) is 8.77. The van der Waals surface area contributed by atoms with Crippen LogP contribution in [0.15, 0.2) is 18.5 Å². The van der Waals surface area contributed by atoms with Gasteiger partial charge in [0.05, 0.1) is 11.7 Å². The van der Waals surface area contributed by atoms with Gasteiger partial charge in [-0.25, -0.2) is 4.98 Å². The number of fused-ring (bicyclic) bond motifs is 1. The minimum atomic E-state index is 0.439. The molecule has 18 heavy (non-hydrogen) atoms. The van der Waals surface area contributed by atoms with E-state index in [2.05, 4.69) is 34.8 Å². The molecule has 1 fully saturated rings. The smallest absolute Gasteiger partial charge is 0.114 e. The largest absolute Gasteiger partial charge is 0.325 e. The maximum Gasteiger partial charge on any atom is 0.114 e. The second kappa shape index (κ2) is 4.69. The zero-order chi connectivity index (χ0) is 12.5. The molecule has 96 valence electrons. The highest BCUT2D eigenvalue weighted by Crippen LogP contribution is 2.28. The molecule has 0 saturated carbocycles. The average Bonchev–Trinajstić information content (AvgIpc) is 2.79. The molecule has 4 nitrogen and oxygen atoms in total. The summed E-state index contributed by atoms with van der Waals surface area (Å²) in [6, 6.07) is 2.51. The van der Waals surface area contributed by atoms with Gasteiger partial charge in [-0.3, -0.25) is 4.98 Å². The highest BCUT2D eigenvalue weighted by atomic mass is 15.1. The standard InChI is InChI=1S/C14H20N4/c1-10(2)18-13-5-7-16-9-12(13)17-14(18)11-4-3-6-15-8-11/h5,7,9-11,15H,3-4,6,8H2,1-2H3. The predicted molar refractivity (Wildman–Crippen MR) is 72.8 cm³/mol. The minimum Gasteiger partial charge on any atom is -0.325 e. The van der Waals surface area contributed by atoms with E-state index in [9.17, 15) is 0 Å². The lowest BCUT2D eigenvalue weighted by Crippen LogP contribution is -2.30. The van der Waals surface area contributed by atoms with Crippen LogP contribution in [0.5, 0.6) is 0 Å². The van der Waals surface area contributed by atoms with Gasteiger partial charge in [0.2, 0.25) is 0 Å². The van der Waals surface area contributed by atoms with Crippen molar-refractivity contribution in [1.82, 2.24) is 19.9 Å². The summed E-state index contributed by atoms with van der Waals surface area (Å²) in [7, 11) is 0. The van der Waals surface area contributed by atoms with Gasteiger partial charge >= 0.3 is 0 Å². The Hall–Kier alpha value is -1.42. The van der Waals surface area contributed by atoms with E-state index in [1.54, 1.807) is 0 Å². The molecule has 3 rings (SSSR count). The molecule has 1 N–H and O–H groups in total. The summed E-state index contributed by atoms with van der Waals surface area (Å²) in [5, 5.41) is 3.47. The maximum atomic E-state index is 4.82. The molecule has 0 radical (unpaired) electrons. The summed E-state index contributed by atoms with van der Waals surface area (Å²) in [6.45, 7) is 6.63. The van der Waals surface area contributed by atoms with E-state index < -0.39 is 0 Å².